The summed E-state index contributed by atoms with van der Waals surface area (Å²) in [6, 6.07) is 0.523. The number of primary amides is 1. The standard InChI is InChI=1S/C10H20N2OS/c1-3-6-14-7-10(2,9(11)13)12-8-4-5-8/h8,12H,3-7H2,1-2H3,(H2,11,13). The quantitative estimate of drug-likeness (QED) is 0.627. The largest absolute Gasteiger partial charge is 0.368 e. The smallest absolute Gasteiger partial charge is 0.238 e. The van der Waals surface area contributed by atoms with Gasteiger partial charge < -0.3 is 11.1 Å². The van der Waals surface area contributed by atoms with E-state index in [0.717, 1.165) is 17.9 Å². The average molecular weight is 216 g/mol. The molecule has 1 rings (SSSR count). The van der Waals surface area contributed by atoms with Crippen molar-refractivity contribution in [3.8, 4) is 0 Å². The van der Waals surface area contributed by atoms with Crippen LogP contribution < -0.4 is 11.1 Å². The monoisotopic (exact) mass is 216 g/mol. The Labute approximate surface area is 90.2 Å². The Kier molecular flexibility index (Phi) is 4.26. The van der Waals surface area contributed by atoms with Gasteiger partial charge in [0.05, 0.1) is 0 Å². The number of carbonyl (C=O) groups excluding carboxylic acids is 1. The molecule has 1 atom stereocenters. The van der Waals surface area contributed by atoms with E-state index in [-0.39, 0.29) is 5.91 Å². The van der Waals surface area contributed by atoms with Gasteiger partial charge >= 0.3 is 0 Å². The maximum atomic E-state index is 11.3. The summed E-state index contributed by atoms with van der Waals surface area (Å²) in [6.45, 7) is 4.05. The molecule has 1 aliphatic carbocycles. The van der Waals surface area contributed by atoms with Crippen LogP contribution in [0.2, 0.25) is 0 Å². The molecular weight excluding hydrogens is 196 g/mol. The number of nitrogens with one attached hydrogen (secondary N) is 1. The Bertz CT molecular complexity index is 206. The molecule has 1 saturated carbocycles. The summed E-state index contributed by atoms with van der Waals surface area (Å²) in [5, 5.41) is 3.33. The Morgan fingerprint density at radius 2 is 2.29 bits per heavy atom. The van der Waals surface area contributed by atoms with E-state index in [2.05, 4.69) is 12.2 Å². The van der Waals surface area contributed by atoms with Crippen molar-refractivity contribution in [3.05, 3.63) is 0 Å². The second-order valence-electron chi connectivity index (χ2n) is 4.17. The van der Waals surface area contributed by atoms with Crippen LogP contribution >= 0.6 is 11.8 Å². The van der Waals surface area contributed by atoms with Crippen molar-refractivity contribution in [2.24, 2.45) is 5.73 Å². The van der Waals surface area contributed by atoms with Crippen molar-refractivity contribution in [1.29, 1.82) is 0 Å². The molecule has 0 aliphatic heterocycles. The molecule has 4 heteroatoms. The van der Waals surface area contributed by atoms with Gasteiger partial charge in [-0.05, 0) is 31.9 Å². The molecule has 0 aromatic rings. The number of nitrogens with two attached hydrogens (primary N) is 1. The molecule has 1 fully saturated rings. The first-order valence-corrected chi connectivity index (χ1v) is 6.39. The van der Waals surface area contributed by atoms with E-state index in [4.69, 9.17) is 5.73 Å². The highest BCUT2D eigenvalue weighted by Crippen LogP contribution is 2.24. The molecule has 1 aliphatic rings. The lowest BCUT2D eigenvalue weighted by molar-refractivity contribution is -0.123. The van der Waals surface area contributed by atoms with Crippen molar-refractivity contribution < 1.29 is 4.79 Å². The summed E-state index contributed by atoms with van der Waals surface area (Å²) in [5.74, 6) is 1.65. The number of hydrogen-bond acceptors (Lipinski definition) is 3. The number of amides is 1. The lowest BCUT2D eigenvalue weighted by atomic mass is 10.1. The average Bonchev–Trinajstić information content (AvgIpc) is 2.88. The number of rotatable bonds is 7. The Morgan fingerprint density at radius 1 is 1.64 bits per heavy atom. The third kappa shape index (κ3) is 3.50. The third-order valence-corrected chi connectivity index (χ3v) is 3.86. The van der Waals surface area contributed by atoms with Crippen LogP contribution in [0.15, 0.2) is 0 Å². The highest BCUT2D eigenvalue weighted by Gasteiger charge is 2.36. The molecule has 0 bridgehead atoms. The predicted molar refractivity (Wildman–Crippen MR) is 61.4 cm³/mol. The van der Waals surface area contributed by atoms with E-state index in [0.29, 0.717) is 6.04 Å². The minimum absolute atomic E-state index is 0.229. The Balaban J connectivity index is 2.38. The van der Waals surface area contributed by atoms with E-state index in [9.17, 15) is 4.79 Å². The summed E-state index contributed by atoms with van der Waals surface area (Å²) in [6.07, 6.45) is 3.51. The highest BCUT2D eigenvalue weighted by molar-refractivity contribution is 7.99. The number of hydrogen-bond donors (Lipinski definition) is 2. The molecule has 0 radical (unpaired) electrons. The maximum absolute atomic E-state index is 11.3. The first kappa shape index (κ1) is 11.9. The molecule has 0 aromatic carbocycles. The summed E-state index contributed by atoms with van der Waals surface area (Å²) < 4.78 is 0. The van der Waals surface area contributed by atoms with Crippen LogP contribution in [-0.4, -0.2) is 29.0 Å². The first-order chi connectivity index (χ1) is 6.58. The molecular formula is C10H20N2OS. The second-order valence-corrected chi connectivity index (χ2v) is 5.27. The first-order valence-electron chi connectivity index (χ1n) is 5.24. The molecule has 3 N–H and O–H groups in total. The molecule has 0 heterocycles. The molecule has 14 heavy (non-hydrogen) atoms. The normalized spacial score (nSPS) is 20.4. The molecule has 1 amide bonds. The van der Waals surface area contributed by atoms with E-state index in [1.807, 2.05) is 6.92 Å². The number of thioether (sulfide) groups is 1. The van der Waals surface area contributed by atoms with Gasteiger partial charge in [-0.1, -0.05) is 6.92 Å². The predicted octanol–water partition coefficient (Wildman–Crippen LogP) is 1.13. The van der Waals surface area contributed by atoms with Crippen LogP contribution in [0.1, 0.15) is 33.1 Å². The van der Waals surface area contributed by atoms with E-state index in [1.54, 1.807) is 11.8 Å². The molecule has 0 aromatic heterocycles. The van der Waals surface area contributed by atoms with Gasteiger partial charge in [0, 0.05) is 11.8 Å². The fourth-order valence-corrected chi connectivity index (χ4v) is 2.35. The molecule has 1 unspecified atom stereocenters. The van der Waals surface area contributed by atoms with Gasteiger partial charge in [-0.2, -0.15) is 11.8 Å². The maximum Gasteiger partial charge on any atom is 0.238 e. The van der Waals surface area contributed by atoms with Gasteiger partial charge in [0.25, 0.3) is 0 Å². The van der Waals surface area contributed by atoms with Gasteiger partial charge in [0.2, 0.25) is 5.91 Å². The highest BCUT2D eigenvalue weighted by atomic mass is 32.2. The molecule has 0 saturated heterocycles. The topological polar surface area (TPSA) is 55.1 Å². The van der Waals surface area contributed by atoms with Crippen LogP contribution in [0.5, 0.6) is 0 Å². The molecule has 82 valence electrons. The lowest BCUT2D eigenvalue weighted by Crippen LogP contribution is -2.56. The van der Waals surface area contributed by atoms with Gasteiger partial charge in [0.1, 0.15) is 5.54 Å². The fourth-order valence-electron chi connectivity index (χ4n) is 1.28. The van der Waals surface area contributed by atoms with Crippen LogP contribution in [-0.2, 0) is 4.79 Å². The summed E-state index contributed by atoms with van der Waals surface area (Å²) in [4.78, 5) is 11.3. The minimum atomic E-state index is -0.513. The Morgan fingerprint density at radius 3 is 2.71 bits per heavy atom. The zero-order chi connectivity index (χ0) is 10.6. The van der Waals surface area contributed by atoms with Crippen LogP contribution in [0.4, 0.5) is 0 Å². The van der Waals surface area contributed by atoms with Crippen molar-refractivity contribution in [2.75, 3.05) is 11.5 Å². The molecule has 3 nitrogen and oxygen atoms in total. The zero-order valence-corrected chi connectivity index (χ0v) is 9.82. The van der Waals surface area contributed by atoms with Crippen molar-refractivity contribution >= 4 is 17.7 Å². The third-order valence-electron chi connectivity index (χ3n) is 2.38. The fraction of sp³-hybridized carbons (Fsp3) is 0.900. The van der Waals surface area contributed by atoms with E-state index < -0.39 is 5.54 Å². The molecule has 0 spiro atoms. The van der Waals surface area contributed by atoms with Gasteiger partial charge in [-0.15, -0.1) is 0 Å². The summed E-state index contributed by atoms with van der Waals surface area (Å²) >= 11 is 1.79. The zero-order valence-electron chi connectivity index (χ0n) is 9.01. The van der Waals surface area contributed by atoms with Gasteiger partial charge in [-0.25, -0.2) is 0 Å². The SMILES string of the molecule is CCCSCC(C)(NC1CC1)C(N)=O. The lowest BCUT2D eigenvalue weighted by Gasteiger charge is -2.27. The van der Waals surface area contributed by atoms with Crippen LogP contribution in [0, 0.1) is 0 Å². The van der Waals surface area contributed by atoms with Gasteiger partial charge in [-0.3, -0.25) is 4.79 Å². The van der Waals surface area contributed by atoms with Crippen LogP contribution in [0.25, 0.3) is 0 Å². The second kappa shape index (κ2) is 5.03. The number of carbonyl (C=O) groups is 1. The minimum Gasteiger partial charge on any atom is -0.368 e. The van der Waals surface area contributed by atoms with Crippen molar-refractivity contribution in [3.63, 3.8) is 0 Å². The van der Waals surface area contributed by atoms with Crippen molar-refractivity contribution in [1.82, 2.24) is 5.32 Å². The summed E-state index contributed by atoms with van der Waals surface area (Å²) in [5.41, 5.74) is 4.90. The van der Waals surface area contributed by atoms with Crippen LogP contribution in [0.3, 0.4) is 0 Å². The van der Waals surface area contributed by atoms with Crippen molar-refractivity contribution in [2.45, 2.75) is 44.7 Å². The van der Waals surface area contributed by atoms with E-state index in [1.165, 1.54) is 12.8 Å². The van der Waals surface area contributed by atoms with Gasteiger partial charge in [0.15, 0.2) is 0 Å². The van der Waals surface area contributed by atoms with E-state index >= 15 is 0 Å². The summed E-state index contributed by atoms with van der Waals surface area (Å²) in [7, 11) is 0. The Hall–Kier alpha value is -0.220.